The zero-order valence-electron chi connectivity index (χ0n) is 32.2. The Morgan fingerprint density at radius 3 is 2.37 bits per heavy atom. The molecule has 2 bridgehead atoms. The van der Waals surface area contributed by atoms with Crippen molar-refractivity contribution in [1.29, 1.82) is 0 Å². The van der Waals surface area contributed by atoms with E-state index in [1.54, 1.807) is 0 Å². The Bertz CT molecular complexity index is 2260. The maximum atomic E-state index is 16.5. The summed E-state index contributed by atoms with van der Waals surface area (Å²) < 4.78 is 108. The summed E-state index contributed by atoms with van der Waals surface area (Å²) in [6, 6.07) is 0. The van der Waals surface area contributed by atoms with E-state index in [4.69, 9.17) is 43.0 Å². The van der Waals surface area contributed by atoms with Gasteiger partial charge in [0.05, 0.1) is 38.8 Å². The van der Waals surface area contributed by atoms with Crippen molar-refractivity contribution in [3.63, 3.8) is 0 Å². The van der Waals surface area contributed by atoms with Crippen molar-refractivity contribution in [1.82, 2.24) is 39.0 Å². The molecule has 0 aliphatic carbocycles. The molecule has 0 spiro atoms. The smallest absolute Gasteiger partial charge is 0.434 e. The van der Waals surface area contributed by atoms with Gasteiger partial charge < -0.3 is 43.8 Å². The molecular weight excluding hydrogens is 862 g/mol. The summed E-state index contributed by atoms with van der Waals surface area (Å²) in [5.74, 6) is -0.664. The first-order valence-electron chi connectivity index (χ1n) is 19.3. The van der Waals surface area contributed by atoms with E-state index < -0.39 is 101 Å². The van der Waals surface area contributed by atoms with Crippen LogP contribution in [0.4, 0.5) is 19.4 Å². The minimum atomic E-state index is -4.74. The molecule has 3 aliphatic rings. The van der Waals surface area contributed by atoms with Crippen LogP contribution in [-0.4, -0.2) is 119 Å². The molecule has 0 radical (unpaired) electrons. The van der Waals surface area contributed by atoms with Crippen molar-refractivity contribution in [3.8, 4) is 0 Å². The SMILES string of the molecule is CCCCCCCCCCOC(=O)OCSP1(=O)OC[C@H]2O[C@@H](n3cnc4c(N)ncnc43)[C@H](F)[C@@H]2OCP(=O)(O)OC[C@H]2O[C@@H](n3cnc4c(=O)[nH]cnc43)[C@H](O1)[C@@H]2F. The van der Waals surface area contributed by atoms with Gasteiger partial charge in [-0.05, 0) is 6.42 Å². The Kier molecular flexibility index (Phi) is 14.5. The van der Waals surface area contributed by atoms with Crippen LogP contribution in [0.5, 0.6) is 0 Å². The number of anilines is 1. The zero-order valence-corrected chi connectivity index (χ0v) is 34.8. The lowest BCUT2D eigenvalue weighted by molar-refractivity contribution is -0.0551. The molecule has 0 aromatic carbocycles. The van der Waals surface area contributed by atoms with Gasteiger partial charge in [-0.1, -0.05) is 51.9 Å². The topological polar surface area (TPSA) is 278 Å². The molecule has 2 unspecified atom stereocenters. The molecule has 60 heavy (non-hydrogen) atoms. The predicted molar refractivity (Wildman–Crippen MR) is 207 cm³/mol. The minimum Gasteiger partial charge on any atom is -0.434 e. The summed E-state index contributed by atoms with van der Waals surface area (Å²) in [4.78, 5) is 58.3. The molecule has 0 saturated carbocycles. The van der Waals surface area contributed by atoms with Gasteiger partial charge in [-0.15, -0.1) is 0 Å². The molecule has 0 amide bonds. The number of rotatable bonds is 14. The average Bonchev–Trinajstić information content (AvgIpc) is 3.99. The van der Waals surface area contributed by atoms with E-state index in [0.29, 0.717) is 17.8 Å². The van der Waals surface area contributed by atoms with E-state index >= 15 is 8.78 Å². The van der Waals surface area contributed by atoms with E-state index in [1.165, 1.54) is 23.7 Å². The van der Waals surface area contributed by atoms with Crippen molar-refractivity contribution in [2.45, 2.75) is 108 Å². The molecule has 7 rings (SSSR count). The second-order valence-electron chi connectivity index (χ2n) is 14.1. The number of unbranched alkanes of at least 4 members (excludes halogenated alkanes) is 7. The third-order valence-electron chi connectivity index (χ3n) is 9.96. The monoisotopic (exact) mass is 907 g/mol. The summed E-state index contributed by atoms with van der Waals surface area (Å²) in [5.41, 5.74) is 5.30. The number of aromatic amines is 1. The molecule has 10 atom stereocenters. The number of halogens is 2. The minimum absolute atomic E-state index is 0.00660. The summed E-state index contributed by atoms with van der Waals surface area (Å²) in [6.45, 7) is -4.13. The van der Waals surface area contributed by atoms with Gasteiger partial charge in [0.25, 0.3) is 5.56 Å². The number of fused-ring (bicyclic) bond motifs is 5. The van der Waals surface area contributed by atoms with Gasteiger partial charge in [0.15, 0.2) is 53.4 Å². The fourth-order valence-corrected chi connectivity index (χ4v) is 10.5. The van der Waals surface area contributed by atoms with E-state index in [-0.39, 0.29) is 34.8 Å². The predicted octanol–water partition coefficient (Wildman–Crippen LogP) is 5.07. The highest BCUT2D eigenvalue weighted by Gasteiger charge is 2.54. The van der Waals surface area contributed by atoms with E-state index in [9.17, 15) is 23.6 Å². The van der Waals surface area contributed by atoms with Crippen molar-refractivity contribution >= 4 is 60.1 Å². The number of nitrogen functional groups attached to an aromatic ring is 1. The lowest BCUT2D eigenvalue weighted by atomic mass is 10.1. The highest BCUT2D eigenvalue weighted by molar-refractivity contribution is 8.55. The van der Waals surface area contributed by atoms with Crippen LogP contribution in [0.1, 0.15) is 70.7 Å². The molecule has 27 heteroatoms. The number of carbonyl (C=O) groups excluding carboxylic acids is 1. The number of nitrogens with zero attached hydrogens (tertiary/aromatic N) is 7. The van der Waals surface area contributed by atoms with Gasteiger partial charge in [0, 0.05) is 11.4 Å². The van der Waals surface area contributed by atoms with Crippen LogP contribution < -0.4 is 11.3 Å². The third kappa shape index (κ3) is 10.2. The molecular formula is C33H45F2N9O13P2S. The third-order valence-corrected chi connectivity index (χ3v) is 14.3. The van der Waals surface area contributed by atoms with Crippen molar-refractivity contribution in [2.75, 3.05) is 37.8 Å². The van der Waals surface area contributed by atoms with Crippen LogP contribution in [-0.2, 0) is 46.4 Å². The summed E-state index contributed by atoms with van der Waals surface area (Å²) >= 11 is 0.345. The lowest BCUT2D eigenvalue weighted by Crippen LogP contribution is -2.36. The molecule has 3 fully saturated rings. The molecule has 3 aliphatic heterocycles. The normalized spacial score (nSPS) is 31.3. The number of aromatic nitrogens is 8. The number of alkyl halides is 2. The number of hydrogen-bond acceptors (Lipinski definition) is 19. The Morgan fingerprint density at radius 1 is 0.900 bits per heavy atom. The Labute approximate surface area is 344 Å². The van der Waals surface area contributed by atoms with Gasteiger partial charge in [-0.3, -0.25) is 27.5 Å². The summed E-state index contributed by atoms with van der Waals surface area (Å²) in [6.07, 6.45) is -3.45. The number of nitrogens with one attached hydrogen (secondary N) is 1. The van der Waals surface area contributed by atoms with Gasteiger partial charge in [0.2, 0.25) is 0 Å². The quantitative estimate of drug-likeness (QED) is 0.0645. The summed E-state index contributed by atoms with van der Waals surface area (Å²) in [7, 11) is -4.74. The standard InChI is InChI=1S/C33H45F2N9O13P2S/c1-2-3-4-5-6-7-8-9-10-50-33(46)52-18-60-59(49)54-12-20-25(22(35)31(56-20)43-15-41-23-27(36)37-13-38-28(23)43)51-17-58(47,48)53-11-19-21(34)26(57-59)32(55-19)44-16-42-24-29(44)39-14-40-30(24)45/h13-16,19-22,25-26,31-32H,2-12,17-18H2,1H3,(H,47,48)(H2,36,37,38)(H,39,40,45)/t19-,20-,21-,22-,25-,26-,31-,32-,59?/m1/s1. The van der Waals surface area contributed by atoms with Crippen LogP contribution in [0.2, 0.25) is 0 Å². The second-order valence-corrected chi connectivity index (χ2v) is 19.9. The maximum absolute atomic E-state index is 16.5. The lowest BCUT2D eigenvalue weighted by Gasteiger charge is -2.27. The number of nitrogens with two attached hydrogens (primary N) is 1. The Hall–Kier alpha value is -3.64. The van der Waals surface area contributed by atoms with Crippen LogP contribution in [0.15, 0.2) is 30.1 Å². The highest BCUT2D eigenvalue weighted by Crippen LogP contribution is 2.64. The van der Waals surface area contributed by atoms with Crippen molar-refractivity contribution in [3.05, 3.63) is 35.7 Å². The van der Waals surface area contributed by atoms with Gasteiger partial charge >= 0.3 is 20.5 Å². The second kappa shape index (κ2) is 19.6. The first-order chi connectivity index (χ1) is 28.9. The van der Waals surface area contributed by atoms with Gasteiger partial charge in [0.1, 0.15) is 42.6 Å². The number of imidazole rings is 2. The molecule has 22 nitrogen and oxygen atoms in total. The van der Waals surface area contributed by atoms with Crippen LogP contribution in [0.25, 0.3) is 22.3 Å². The van der Waals surface area contributed by atoms with Gasteiger partial charge in [-0.25, -0.2) is 43.1 Å². The number of hydrogen-bond donors (Lipinski definition) is 3. The maximum Gasteiger partial charge on any atom is 0.509 e. The molecule has 330 valence electrons. The van der Waals surface area contributed by atoms with Crippen LogP contribution in [0, 0.1) is 0 Å². The zero-order chi connectivity index (χ0) is 42.4. The fraction of sp³-hybridized carbons (Fsp3) is 0.667. The van der Waals surface area contributed by atoms with Crippen molar-refractivity contribution < 1.29 is 64.9 Å². The number of carbonyl (C=O) groups is 1. The molecule has 4 aromatic heterocycles. The largest absolute Gasteiger partial charge is 0.509 e. The molecule has 7 heterocycles. The van der Waals surface area contributed by atoms with E-state index in [2.05, 4.69) is 36.8 Å². The van der Waals surface area contributed by atoms with Crippen molar-refractivity contribution in [2.24, 2.45) is 0 Å². The average molecular weight is 908 g/mol. The first-order valence-corrected chi connectivity index (χ1v) is 24.1. The van der Waals surface area contributed by atoms with Crippen LogP contribution >= 0.6 is 25.8 Å². The Balaban J connectivity index is 1.11. The van der Waals surface area contributed by atoms with E-state index in [0.717, 1.165) is 55.7 Å². The fourth-order valence-electron chi connectivity index (χ4n) is 6.91. The highest BCUT2D eigenvalue weighted by atomic mass is 32.7. The Morgan fingerprint density at radius 2 is 1.58 bits per heavy atom. The first kappa shape index (κ1) is 44.4. The number of ether oxygens (including phenoxy) is 5. The molecule has 4 aromatic rings. The number of H-pyrrole nitrogens is 1. The van der Waals surface area contributed by atoms with Crippen LogP contribution in [0.3, 0.4) is 0 Å². The van der Waals surface area contributed by atoms with E-state index in [1.807, 2.05) is 0 Å². The molecule has 3 saturated heterocycles. The molecule has 4 N–H and O–H groups in total. The summed E-state index contributed by atoms with van der Waals surface area (Å²) in [5, 5.41) is 0. The van der Waals surface area contributed by atoms with Gasteiger partial charge in [-0.2, -0.15) is 0 Å².